The molecule has 0 aliphatic carbocycles. The molecule has 0 aromatic carbocycles. The third-order valence-corrected chi connectivity index (χ3v) is 3.11. The van der Waals surface area contributed by atoms with Crippen LogP contribution in [0.4, 0.5) is 11.9 Å². The predicted octanol–water partition coefficient (Wildman–Crippen LogP) is 1.69. The molecule has 7 nitrogen and oxygen atoms in total. The highest BCUT2D eigenvalue weighted by atomic mass is 32.1. The van der Waals surface area contributed by atoms with Gasteiger partial charge in [-0.25, -0.2) is 4.98 Å². The average Bonchev–Trinajstić information content (AvgIpc) is 2.82. The number of aryl methyl sites for hydroxylation is 1. The van der Waals surface area contributed by atoms with E-state index in [9.17, 15) is 0 Å². The molecule has 0 amide bonds. The molecule has 0 aliphatic rings. The van der Waals surface area contributed by atoms with Crippen molar-refractivity contribution in [2.24, 2.45) is 0 Å². The van der Waals surface area contributed by atoms with E-state index < -0.39 is 0 Å². The van der Waals surface area contributed by atoms with Crippen LogP contribution in [0.15, 0.2) is 6.20 Å². The second-order valence-corrected chi connectivity index (χ2v) is 4.97. The van der Waals surface area contributed by atoms with E-state index >= 15 is 0 Å². The van der Waals surface area contributed by atoms with Crippen molar-refractivity contribution in [3.63, 3.8) is 0 Å². The van der Waals surface area contributed by atoms with E-state index in [-0.39, 0.29) is 0 Å². The van der Waals surface area contributed by atoms with Gasteiger partial charge in [0, 0.05) is 18.1 Å². The summed E-state index contributed by atoms with van der Waals surface area (Å²) in [5.74, 6) is 0.954. The molecule has 2 rings (SSSR count). The molecule has 0 saturated carbocycles. The predicted molar refractivity (Wildman–Crippen MR) is 74.7 cm³/mol. The van der Waals surface area contributed by atoms with Gasteiger partial charge >= 0.3 is 6.01 Å². The summed E-state index contributed by atoms with van der Waals surface area (Å²) in [6.45, 7) is 5.00. The van der Waals surface area contributed by atoms with Crippen molar-refractivity contribution in [1.29, 1.82) is 0 Å². The quantitative estimate of drug-likeness (QED) is 0.832. The highest BCUT2D eigenvalue weighted by Crippen LogP contribution is 2.15. The second kappa shape index (κ2) is 6.28. The zero-order valence-electron chi connectivity index (χ0n) is 11.1. The molecule has 0 unspecified atom stereocenters. The van der Waals surface area contributed by atoms with Crippen LogP contribution < -0.4 is 15.4 Å². The number of hydrogen-bond donors (Lipinski definition) is 2. The number of rotatable bonds is 6. The van der Waals surface area contributed by atoms with Gasteiger partial charge in [0.15, 0.2) is 0 Å². The van der Waals surface area contributed by atoms with Gasteiger partial charge in [-0.05, 0) is 13.8 Å². The Hall–Kier alpha value is -1.96. The molecule has 0 fully saturated rings. The molecular formula is C11H16N6OS. The van der Waals surface area contributed by atoms with Crippen LogP contribution in [0.1, 0.15) is 16.8 Å². The van der Waals surface area contributed by atoms with E-state index in [1.54, 1.807) is 18.4 Å². The summed E-state index contributed by atoms with van der Waals surface area (Å²) in [5.41, 5.74) is 0. The Morgan fingerprint density at radius 1 is 1.26 bits per heavy atom. The molecule has 0 spiro atoms. The molecule has 2 aromatic rings. The lowest BCUT2D eigenvalue weighted by Crippen LogP contribution is -2.08. The van der Waals surface area contributed by atoms with Gasteiger partial charge in [0.05, 0.1) is 18.2 Å². The first-order valence-corrected chi connectivity index (χ1v) is 6.74. The number of nitrogens with one attached hydrogen (secondary N) is 2. The average molecular weight is 280 g/mol. The first-order valence-electron chi connectivity index (χ1n) is 5.93. The molecule has 19 heavy (non-hydrogen) atoms. The van der Waals surface area contributed by atoms with Crippen LogP contribution in [0, 0.1) is 6.92 Å². The van der Waals surface area contributed by atoms with E-state index in [1.807, 2.05) is 20.0 Å². The lowest BCUT2D eigenvalue weighted by Gasteiger charge is -2.07. The Labute approximate surface area is 115 Å². The monoisotopic (exact) mass is 280 g/mol. The molecule has 0 bridgehead atoms. The van der Waals surface area contributed by atoms with Gasteiger partial charge in [0.25, 0.3) is 0 Å². The van der Waals surface area contributed by atoms with Gasteiger partial charge in [-0.15, -0.1) is 11.3 Å². The van der Waals surface area contributed by atoms with Crippen LogP contribution in [0.25, 0.3) is 0 Å². The fraction of sp³-hybridized carbons (Fsp3) is 0.455. The Balaban J connectivity index is 2.08. The minimum absolute atomic E-state index is 0.310. The van der Waals surface area contributed by atoms with Crippen LogP contribution in [-0.4, -0.2) is 33.6 Å². The van der Waals surface area contributed by atoms with Crippen molar-refractivity contribution in [2.45, 2.75) is 20.4 Å². The summed E-state index contributed by atoms with van der Waals surface area (Å²) in [5, 5.41) is 7.05. The summed E-state index contributed by atoms with van der Waals surface area (Å²) in [6.07, 6.45) is 1.84. The minimum Gasteiger partial charge on any atom is -0.464 e. The molecule has 0 atom stereocenters. The fourth-order valence-corrected chi connectivity index (χ4v) is 2.13. The molecule has 0 aliphatic heterocycles. The number of aromatic nitrogens is 4. The molecule has 8 heteroatoms. The standard InChI is InChI=1S/C11H16N6OS/c1-4-18-11-16-9(12-3)15-10(17-11)14-6-8-5-13-7(2)19-8/h5H,4,6H2,1-3H3,(H2,12,14,15,16,17). The first kappa shape index (κ1) is 13.5. The smallest absolute Gasteiger partial charge is 0.323 e. The third-order valence-electron chi connectivity index (χ3n) is 2.20. The number of hydrogen-bond acceptors (Lipinski definition) is 8. The molecule has 0 saturated heterocycles. The number of ether oxygens (including phenoxy) is 1. The maximum Gasteiger partial charge on any atom is 0.323 e. The number of thiazole rings is 1. The van der Waals surface area contributed by atoms with E-state index in [0.717, 1.165) is 9.88 Å². The van der Waals surface area contributed by atoms with E-state index in [4.69, 9.17) is 4.74 Å². The minimum atomic E-state index is 0.310. The van der Waals surface area contributed by atoms with Crippen molar-refractivity contribution >= 4 is 23.2 Å². The van der Waals surface area contributed by atoms with Crippen LogP contribution in [0.2, 0.25) is 0 Å². The summed E-state index contributed by atoms with van der Waals surface area (Å²) < 4.78 is 5.29. The summed E-state index contributed by atoms with van der Waals surface area (Å²) in [4.78, 5) is 17.8. The Morgan fingerprint density at radius 2 is 2.05 bits per heavy atom. The van der Waals surface area contributed by atoms with Gasteiger partial charge in [-0.1, -0.05) is 0 Å². The van der Waals surface area contributed by atoms with Gasteiger partial charge in [-0.3, -0.25) is 0 Å². The summed E-state index contributed by atoms with van der Waals surface area (Å²) >= 11 is 1.64. The first-order chi connectivity index (χ1) is 9.21. The van der Waals surface area contributed by atoms with Crippen molar-refractivity contribution < 1.29 is 4.74 Å². The van der Waals surface area contributed by atoms with Crippen LogP contribution >= 0.6 is 11.3 Å². The van der Waals surface area contributed by atoms with Crippen molar-refractivity contribution in [2.75, 3.05) is 24.3 Å². The maximum absolute atomic E-state index is 5.29. The largest absolute Gasteiger partial charge is 0.464 e. The molecule has 2 heterocycles. The zero-order chi connectivity index (χ0) is 13.7. The second-order valence-electron chi connectivity index (χ2n) is 3.65. The van der Waals surface area contributed by atoms with Crippen LogP contribution in [0.3, 0.4) is 0 Å². The number of anilines is 2. The van der Waals surface area contributed by atoms with Crippen molar-refractivity contribution in [1.82, 2.24) is 19.9 Å². The fourth-order valence-electron chi connectivity index (χ4n) is 1.39. The van der Waals surface area contributed by atoms with Gasteiger partial charge in [0.1, 0.15) is 0 Å². The van der Waals surface area contributed by atoms with Crippen molar-refractivity contribution in [3.05, 3.63) is 16.1 Å². The van der Waals surface area contributed by atoms with E-state index in [2.05, 4.69) is 30.6 Å². The molecule has 0 radical (unpaired) electrons. The number of nitrogens with zero attached hydrogens (tertiary/aromatic N) is 4. The molecule has 2 N–H and O–H groups in total. The molecule has 102 valence electrons. The Morgan fingerprint density at radius 3 is 2.68 bits per heavy atom. The molecule has 2 aromatic heterocycles. The van der Waals surface area contributed by atoms with Gasteiger partial charge in [0.2, 0.25) is 11.9 Å². The van der Waals surface area contributed by atoms with Crippen LogP contribution in [-0.2, 0) is 6.54 Å². The highest BCUT2D eigenvalue weighted by molar-refractivity contribution is 7.11. The maximum atomic E-state index is 5.29. The van der Waals surface area contributed by atoms with Crippen molar-refractivity contribution in [3.8, 4) is 6.01 Å². The lowest BCUT2D eigenvalue weighted by atomic mass is 10.5. The van der Waals surface area contributed by atoms with Crippen LogP contribution in [0.5, 0.6) is 6.01 Å². The zero-order valence-corrected chi connectivity index (χ0v) is 11.9. The van der Waals surface area contributed by atoms with E-state index in [0.29, 0.717) is 31.1 Å². The van der Waals surface area contributed by atoms with E-state index in [1.165, 1.54) is 0 Å². The van der Waals surface area contributed by atoms with Gasteiger partial charge < -0.3 is 15.4 Å². The lowest BCUT2D eigenvalue weighted by molar-refractivity contribution is 0.312. The third kappa shape index (κ3) is 3.75. The van der Waals surface area contributed by atoms with Gasteiger partial charge in [-0.2, -0.15) is 15.0 Å². The topological polar surface area (TPSA) is 84.9 Å². The molecular weight excluding hydrogens is 264 g/mol. The highest BCUT2D eigenvalue weighted by Gasteiger charge is 2.06. The normalized spacial score (nSPS) is 10.3. The summed E-state index contributed by atoms with van der Waals surface area (Å²) in [7, 11) is 1.75. The Kier molecular flexibility index (Phi) is 4.45. The summed E-state index contributed by atoms with van der Waals surface area (Å²) in [6, 6.07) is 0.310. The SMILES string of the molecule is CCOc1nc(NC)nc(NCc2cnc(C)s2)n1. The Bertz CT molecular complexity index is 544.